The Morgan fingerprint density at radius 1 is 1.13 bits per heavy atom. The highest BCUT2D eigenvalue weighted by atomic mass is 32.1. The van der Waals surface area contributed by atoms with Crippen LogP contribution < -0.4 is 4.74 Å². The number of nitrogens with zero attached hydrogens (tertiary/aromatic N) is 2. The van der Waals surface area contributed by atoms with Gasteiger partial charge < -0.3 is 9.64 Å². The molecule has 4 nitrogen and oxygen atoms in total. The van der Waals surface area contributed by atoms with Gasteiger partial charge in [0.1, 0.15) is 5.75 Å². The van der Waals surface area contributed by atoms with E-state index in [9.17, 15) is 13.2 Å². The molecular formula is C22H27F3N3OS+. The maximum Gasteiger partial charge on any atom is 0.416 e. The second kappa shape index (κ2) is 10.1. The van der Waals surface area contributed by atoms with Crippen LogP contribution in [0.5, 0.6) is 5.75 Å². The number of aryl methyl sites for hydroxylation is 2. The zero-order valence-electron chi connectivity index (χ0n) is 17.5. The lowest BCUT2D eigenvalue weighted by atomic mass is 10.0. The van der Waals surface area contributed by atoms with Gasteiger partial charge in [-0.1, -0.05) is 25.1 Å². The molecular weight excluding hydrogens is 411 g/mol. The molecule has 2 rings (SSSR count). The zero-order chi connectivity index (χ0) is 22.5. The van der Waals surface area contributed by atoms with Crippen molar-refractivity contribution in [3.05, 3.63) is 64.2 Å². The van der Waals surface area contributed by atoms with E-state index in [1.807, 2.05) is 19.9 Å². The van der Waals surface area contributed by atoms with Crippen molar-refractivity contribution in [1.82, 2.24) is 4.90 Å². The average molecular weight is 439 g/mol. The number of benzene rings is 2. The Morgan fingerprint density at radius 3 is 2.33 bits per heavy atom. The van der Waals surface area contributed by atoms with E-state index in [0.717, 1.165) is 42.8 Å². The first-order valence-corrected chi connectivity index (χ1v) is 10.0. The summed E-state index contributed by atoms with van der Waals surface area (Å²) >= 11 is 3.25. The zero-order valence-corrected chi connectivity index (χ0v) is 18.5. The molecule has 30 heavy (non-hydrogen) atoms. The lowest BCUT2D eigenvalue weighted by Crippen LogP contribution is -2.20. The topological polar surface area (TPSA) is 48.7 Å². The highest BCUT2D eigenvalue weighted by molar-refractivity contribution is 7.77. The van der Waals surface area contributed by atoms with Crippen LogP contribution >= 0.6 is 0 Å². The first-order valence-electron chi connectivity index (χ1n) is 9.54. The van der Waals surface area contributed by atoms with Crippen LogP contribution in [-0.2, 0) is 25.2 Å². The fourth-order valence-corrected chi connectivity index (χ4v) is 3.03. The molecule has 162 valence electrons. The maximum atomic E-state index is 12.7. The summed E-state index contributed by atoms with van der Waals surface area (Å²) in [5.74, 6) is 0.399. The minimum atomic E-state index is -4.42. The molecule has 0 fully saturated rings. The molecule has 0 unspecified atom stereocenters. The molecule has 0 saturated heterocycles. The standard InChI is InChI=1S/C22H26F3N3OS/c1-5-28(4)11-10-17-12-15(3)19(13-14(17)2)29-21(30)27-20(26)16-6-8-18(9-7-16)22(23,24)25/h6-9,12-13H,5,10-11H2,1-4H3,(H2,26,27,30)/p+1. The third kappa shape index (κ3) is 6.60. The van der Waals surface area contributed by atoms with Crippen LogP contribution in [-0.4, -0.2) is 36.1 Å². The van der Waals surface area contributed by atoms with Gasteiger partial charge >= 0.3 is 11.4 Å². The monoisotopic (exact) mass is 438 g/mol. The first-order chi connectivity index (χ1) is 14.0. The number of ether oxygens (including phenoxy) is 1. The Labute approximate surface area is 180 Å². The highest BCUT2D eigenvalue weighted by Gasteiger charge is 2.30. The molecule has 0 aromatic heterocycles. The SMILES string of the molecule is CCN(C)CCc1cc(C)c(OC([SH2+])=NC(=N)c2ccc(C(F)(F)F)cc2)cc1C. The second-order valence-corrected chi connectivity index (χ2v) is 7.56. The quantitative estimate of drug-likeness (QED) is 0.408. The number of halogens is 3. The van der Waals surface area contributed by atoms with E-state index < -0.39 is 11.7 Å². The fraction of sp³-hybridized carbons (Fsp3) is 0.364. The Kier molecular flexibility index (Phi) is 8.09. The van der Waals surface area contributed by atoms with Gasteiger partial charge in [-0.15, -0.1) is 4.99 Å². The van der Waals surface area contributed by atoms with Crippen LogP contribution in [0.15, 0.2) is 41.4 Å². The number of aliphatic imine (C=N–C) groups is 1. The molecule has 1 N–H and O–H groups in total. The summed E-state index contributed by atoms with van der Waals surface area (Å²) < 4.78 is 43.7. The van der Waals surface area contributed by atoms with Gasteiger partial charge in [0.25, 0.3) is 0 Å². The van der Waals surface area contributed by atoms with Crippen molar-refractivity contribution >= 4 is 23.7 Å². The van der Waals surface area contributed by atoms with Crippen LogP contribution in [0.25, 0.3) is 0 Å². The molecule has 0 spiro atoms. The summed E-state index contributed by atoms with van der Waals surface area (Å²) in [4.78, 5) is 6.25. The van der Waals surface area contributed by atoms with E-state index in [2.05, 4.69) is 42.6 Å². The summed E-state index contributed by atoms with van der Waals surface area (Å²) in [6.07, 6.45) is -3.48. The Hall–Kier alpha value is -2.32. The van der Waals surface area contributed by atoms with Gasteiger partial charge in [0.2, 0.25) is 0 Å². The Bertz CT molecular complexity index is 924. The number of likely N-dealkylation sites (N-methyl/N-ethyl adjacent to an activating group) is 1. The number of hydrogen-bond acceptors (Lipinski definition) is 3. The minimum absolute atomic E-state index is 0.0564. The predicted molar refractivity (Wildman–Crippen MR) is 119 cm³/mol. The van der Waals surface area contributed by atoms with Gasteiger partial charge in [-0.25, -0.2) is 0 Å². The van der Waals surface area contributed by atoms with Crippen molar-refractivity contribution < 1.29 is 17.9 Å². The summed E-state index contributed by atoms with van der Waals surface area (Å²) in [6.45, 7) is 8.03. The third-order valence-electron chi connectivity index (χ3n) is 4.84. The van der Waals surface area contributed by atoms with E-state index >= 15 is 0 Å². The average Bonchev–Trinajstić information content (AvgIpc) is 2.68. The van der Waals surface area contributed by atoms with Gasteiger partial charge in [0.15, 0.2) is 5.84 Å². The van der Waals surface area contributed by atoms with Crippen molar-refractivity contribution in [2.45, 2.75) is 33.4 Å². The van der Waals surface area contributed by atoms with Crippen molar-refractivity contribution in [2.24, 2.45) is 4.99 Å². The molecule has 2 aromatic carbocycles. The lowest BCUT2D eigenvalue weighted by Gasteiger charge is -2.16. The highest BCUT2D eigenvalue weighted by Crippen LogP contribution is 2.29. The molecule has 0 saturated carbocycles. The second-order valence-electron chi connectivity index (χ2n) is 7.13. The third-order valence-corrected chi connectivity index (χ3v) is 5.06. The van der Waals surface area contributed by atoms with Crippen LogP contribution in [0, 0.1) is 19.3 Å². The summed E-state index contributed by atoms with van der Waals surface area (Å²) in [6, 6.07) is 8.28. The molecule has 0 atom stereocenters. The molecule has 0 bridgehead atoms. The van der Waals surface area contributed by atoms with Crippen LogP contribution in [0.2, 0.25) is 0 Å². The number of amidine groups is 1. The van der Waals surface area contributed by atoms with Crippen LogP contribution in [0.3, 0.4) is 0 Å². The predicted octanol–water partition coefficient (Wildman–Crippen LogP) is 4.59. The van der Waals surface area contributed by atoms with Gasteiger partial charge in [-0.3, -0.25) is 5.41 Å². The fourth-order valence-electron chi connectivity index (χ4n) is 2.81. The number of rotatable bonds is 6. The molecule has 8 heteroatoms. The number of nitrogens with one attached hydrogen (secondary N) is 1. The molecule has 0 aliphatic rings. The molecule has 2 aromatic rings. The molecule has 0 aliphatic heterocycles. The van der Waals surface area contributed by atoms with E-state index in [-0.39, 0.29) is 16.6 Å². The first kappa shape index (κ1) is 24.0. The van der Waals surface area contributed by atoms with Crippen molar-refractivity contribution in [2.75, 3.05) is 20.1 Å². The lowest BCUT2D eigenvalue weighted by molar-refractivity contribution is -0.137. The molecule has 0 heterocycles. The van der Waals surface area contributed by atoms with Crippen molar-refractivity contribution in [3.8, 4) is 5.75 Å². The van der Waals surface area contributed by atoms with E-state index in [1.165, 1.54) is 17.7 Å². The van der Waals surface area contributed by atoms with E-state index in [0.29, 0.717) is 5.75 Å². The van der Waals surface area contributed by atoms with Crippen LogP contribution in [0.4, 0.5) is 13.2 Å². The van der Waals surface area contributed by atoms with Crippen molar-refractivity contribution in [3.63, 3.8) is 0 Å². The largest absolute Gasteiger partial charge is 0.416 e. The Morgan fingerprint density at radius 2 is 1.77 bits per heavy atom. The van der Waals surface area contributed by atoms with Gasteiger partial charge in [-0.05, 0) is 68.8 Å². The normalized spacial score (nSPS) is 12.4. The van der Waals surface area contributed by atoms with Gasteiger partial charge in [0, 0.05) is 12.1 Å². The van der Waals surface area contributed by atoms with Crippen molar-refractivity contribution in [1.29, 1.82) is 5.41 Å². The summed E-state index contributed by atoms with van der Waals surface area (Å²) in [7, 11) is 2.08. The number of alkyl halides is 3. The summed E-state index contributed by atoms with van der Waals surface area (Å²) in [5, 5.41) is 8.07. The maximum absolute atomic E-state index is 12.7. The molecule has 0 amide bonds. The summed E-state index contributed by atoms with van der Waals surface area (Å²) in [5.41, 5.74) is 2.75. The van der Waals surface area contributed by atoms with E-state index in [4.69, 9.17) is 10.1 Å². The Balaban J connectivity index is 2.10. The smallest absolute Gasteiger partial charge is 0.402 e. The van der Waals surface area contributed by atoms with Gasteiger partial charge in [-0.2, -0.15) is 13.2 Å². The van der Waals surface area contributed by atoms with Gasteiger partial charge in [0.05, 0.1) is 18.2 Å². The number of hydrogen-bond donors (Lipinski definition) is 1. The van der Waals surface area contributed by atoms with Crippen LogP contribution in [0.1, 0.15) is 34.7 Å². The van der Waals surface area contributed by atoms with E-state index in [1.54, 1.807) is 0 Å². The minimum Gasteiger partial charge on any atom is -0.402 e. The molecule has 0 radical (unpaired) electrons. The molecule has 0 aliphatic carbocycles.